The van der Waals surface area contributed by atoms with Gasteiger partial charge in [-0.3, -0.25) is 4.90 Å². The zero-order chi connectivity index (χ0) is 13.7. The van der Waals surface area contributed by atoms with E-state index in [1.54, 1.807) is 0 Å². The summed E-state index contributed by atoms with van der Waals surface area (Å²) >= 11 is 0. The molecule has 0 spiro atoms. The fourth-order valence-corrected chi connectivity index (χ4v) is 5.17. The second-order valence-electron chi connectivity index (χ2n) is 7.39. The molecule has 0 heterocycles. The van der Waals surface area contributed by atoms with Gasteiger partial charge < -0.3 is 5.73 Å². The van der Waals surface area contributed by atoms with Gasteiger partial charge in [0.1, 0.15) is 0 Å². The molecule has 2 saturated carbocycles. The van der Waals surface area contributed by atoms with E-state index in [2.05, 4.69) is 30.1 Å². The van der Waals surface area contributed by atoms with E-state index in [9.17, 15) is 0 Å². The first kappa shape index (κ1) is 12.7. The highest BCUT2D eigenvalue weighted by Crippen LogP contribution is 2.49. The van der Waals surface area contributed by atoms with Gasteiger partial charge >= 0.3 is 0 Å². The summed E-state index contributed by atoms with van der Waals surface area (Å²) in [5, 5.41) is 0. The van der Waals surface area contributed by atoms with Crippen LogP contribution in [0.15, 0.2) is 18.2 Å². The summed E-state index contributed by atoms with van der Waals surface area (Å²) in [7, 11) is 2.34. The summed E-state index contributed by atoms with van der Waals surface area (Å²) in [5.74, 6) is 3.07. The molecule has 0 saturated heterocycles. The molecule has 3 aliphatic rings. The Morgan fingerprint density at radius 2 is 2.10 bits per heavy atom. The average Bonchev–Trinajstić information content (AvgIpc) is 3.11. The van der Waals surface area contributed by atoms with E-state index in [4.69, 9.17) is 5.73 Å². The quantitative estimate of drug-likeness (QED) is 0.850. The predicted molar refractivity (Wildman–Crippen MR) is 83.5 cm³/mol. The lowest BCUT2D eigenvalue weighted by molar-refractivity contribution is 0.172. The van der Waals surface area contributed by atoms with Gasteiger partial charge in [0.2, 0.25) is 0 Å². The van der Waals surface area contributed by atoms with Gasteiger partial charge in [-0.15, -0.1) is 0 Å². The Kier molecular flexibility index (Phi) is 3.03. The van der Waals surface area contributed by atoms with Gasteiger partial charge in [-0.25, -0.2) is 0 Å². The number of aryl methyl sites for hydroxylation is 1. The van der Waals surface area contributed by atoms with E-state index >= 15 is 0 Å². The SMILES string of the molecule is CN(CC1CC2CCC1C2)C1CCc2cc(N)ccc21. The third kappa shape index (κ3) is 2.05. The first-order valence-electron chi connectivity index (χ1n) is 8.29. The minimum absolute atomic E-state index is 0.629. The van der Waals surface area contributed by atoms with Crippen LogP contribution < -0.4 is 5.73 Å². The van der Waals surface area contributed by atoms with Gasteiger partial charge in [0, 0.05) is 18.3 Å². The van der Waals surface area contributed by atoms with Crippen LogP contribution in [0.4, 0.5) is 5.69 Å². The molecule has 1 aromatic carbocycles. The Morgan fingerprint density at radius 3 is 2.85 bits per heavy atom. The molecule has 2 N–H and O–H groups in total. The van der Waals surface area contributed by atoms with E-state index in [0.717, 1.165) is 23.4 Å². The van der Waals surface area contributed by atoms with Crippen molar-refractivity contribution in [3.05, 3.63) is 29.3 Å². The van der Waals surface area contributed by atoms with Crippen LogP contribution in [-0.4, -0.2) is 18.5 Å². The number of fused-ring (bicyclic) bond motifs is 3. The second kappa shape index (κ2) is 4.77. The zero-order valence-corrected chi connectivity index (χ0v) is 12.5. The molecule has 4 unspecified atom stereocenters. The van der Waals surface area contributed by atoms with Crippen molar-refractivity contribution in [3.63, 3.8) is 0 Å². The fraction of sp³-hybridized carbons (Fsp3) is 0.667. The van der Waals surface area contributed by atoms with E-state index in [1.165, 1.54) is 56.2 Å². The minimum Gasteiger partial charge on any atom is -0.399 e. The lowest BCUT2D eigenvalue weighted by Crippen LogP contribution is -2.31. The lowest BCUT2D eigenvalue weighted by atomic mass is 9.88. The van der Waals surface area contributed by atoms with Crippen LogP contribution in [0, 0.1) is 17.8 Å². The second-order valence-corrected chi connectivity index (χ2v) is 7.39. The van der Waals surface area contributed by atoms with Crippen molar-refractivity contribution in [1.29, 1.82) is 0 Å². The molecule has 4 rings (SSSR count). The topological polar surface area (TPSA) is 29.3 Å². The number of hydrogen-bond acceptors (Lipinski definition) is 2. The van der Waals surface area contributed by atoms with E-state index in [0.29, 0.717) is 6.04 Å². The highest BCUT2D eigenvalue weighted by Gasteiger charge is 2.40. The fourth-order valence-electron chi connectivity index (χ4n) is 5.17. The van der Waals surface area contributed by atoms with Crippen LogP contribution in [0.25, 0.3) is 0 Å². The smallest absolute Gasteiger partial charge is 0.0351 e. The number of nitrogens with two attached hydrogens (primary N) is 1. The van der Waals surface area contributed by atoms with Crippen molar-refractivity contribution in [2.45, 2.75) is 44.6 Å². The first-order chi connectivity index (χ1) is 9.70. The van der Waals surface area contributed by atoms with Crippen molar-refractivity contribution in [2.75, 3.05) is 19.3 Å². The number of rotatable bonds is 3. The van der Waals surface area contributed by atoms with Gasteiger partial charge in [-0.2, -0.15) is 0 Å². The average molecular weight is 270 g/mol. The largest absolute Gasteiger partial charge is 0.399 e. The summed E-state index contributed by atoms with van der Waals surface area (Å²) < 4.78 is 0. The summed E-state index contributed by atoms with van der Waals surface area (Å²) in [6, 6.07) is 7.15. The highest BCUT2D eigenvalue weighted by molar-refractivity contribution is 5.47. The molecular weight excluding hydrogens is 244 g/mol. The van der Waals surface area contributed by atoms with Gasteiger partial charge in [0.15, 0.2) is 0 Å². The molecule has 2 fully saturated rings. The maximum Gasteiger partial charge on any atom is 0.0351 e. The summed E-state index contributed by atoms with van der Waals surface area (Å²) in [4.78, 5) is 2.63. The van der Waals surface area contributed by atoms with Crippen molar-refractivity contribution in [3.8, 4) is 0 Å². The Labute approximate surface area is 122 Å². The van der Waals surface area contributed by atoms with E-state index < -0.39 is 0 Å². The predicted octanol–water partition coefficient (Wildman–Crippen LogP) is 3.62. The van der Waals surface area contributed by atoms with Gasteiger partial charge in [-0.05, 0) is 80.2 Å². The van der Waals surface area contributed by atoms with Crippen LogP contribution in [0.5, 0.6) is 0 Å². The van der Waals surface area contributed by atoms with E-state index in [-0.39, 0.29) is 0 Å². The van der Waals surface area contributed by atoms with Crippen LogP contribution >= 0.6 is 0 Å². The summed E-state index contributed by atoms with van der Waals surface area (Å²) in [6.07, 6.45) is 8.51. The third-order valence-electron chi connectivity index (χ3n) is 6.15. The van der Waals surface area contributed by atoms with Crippen molar-refractivity contribution in [2.24, 2.45) is 17.8 Å². The van der Waals surface area contributed by atoms with Crippen LogP contribution in [0.2, 0.25) is 0 Å². The molecule has 2 nitrogen and oxygen atoms in total. The molecule has 0 aromatic heterocycles. The van der Waals surface area contributed by atoms with Crippen molar-refractivity contribution >= 4 is 5.69 Å². The number of benzene rings is 1. The maximum absolute atomic E-state index is 5.91. The lowest BCUT2D eigenvalue weighted by Gasteiger charge is -2.31. The summed E-state index contributed by atoms with van der Waals surface area (Å²) in [6.45, 7) is 1.30. The Balaban J connectivity index is 1.46. The highest BCUT2D eigenvalue weighted by atomic mass is 15.1. The summed E-state index contributed by atoms with van der Waals surface area (Å²) in [5.41, 5.74) is 9.84. The Hall–Kier alpha value is -1.02. The van der Waals surface area contributed by atoms with Crippen LogP contribution in [-0.2, 0) is 6.42 Å². The number of nitrogen functional groups attached to an aromatic ring is 1. The van der Waals surface area contributed by atoms with Gasteiger partial charge in [-0.1, -0.05) is 12.5 Å². The molecule has 20 heavy (non-hydrogen) atoms. The van der Waals surface area contributed by atoms with Crippen molar-refractivity contribution < 1.29 is 0 Å². The minimum atomic E-state index is 0.629. The number of nitrogens with zero attached hydrogens (tertiary/aromatic N) is 1. The molecule has 3 aliphatic carbocycles. The molecule has 2 bridgehead atoms. The molecule has 1 aromatic rings. The zero-order valence-electron chi connectivity index (χ0n) is 12.5. The van der Waals surface area contributed by atoms with Crippen molar-refractivity contribution in [1.82, 2.24) is 4.90 Å². The first-order valence-corrected chi connectivity index (χ1v) is 8.29. The molecule has 108 valence electrons. The van der Waals surface area contributed by atoms with Crippen LogP contribution in [0.1, 0.15) is 49.3 Å². The number of anilines is 1. The number of hydrogen-bond donors (Lipinski definition) is 1. The van der Waals surface area contributed by atoms with Crippen LogP contribution in [0.3, 0.4) is 0 Å². The van der Waals surface area contributed by atoms with Gasteiger partial charge in [0.25, 0.3) is 0 Å². The maximum atomic E-state index is 5.91. The third-order valence-corrected chi connectivity index (χ3v) is 6.15. The molecule has 2 heteroatoms. The molecule has 0 aliphatic heterocycles. The molecule has 4 atom stereocenters. The monoisotopic (exact) mass is 270 g/mol. The van der Waals surface area contributed by atoms with Gasteiger partial charge in [0.05, 0.1) is 0 Å². The normalized spacial score (nSPS) is 34.9. The van der Waals surface area contributed by atoms with E-state index in [1.807, 2.05) is 0 Å². The standard InChI is InChI=1S/C18H26N2/c1-20(11-15-9-12-2-3-13(15)8-12)18-7-4-14-10-16(19)5-6-17(14)18/h5-6,10,12-13,15,18H,2-4,7-9,11,19H2,1H3. The molecular formula is C18H26N2. The molecule has 0 amide bonds. The Morgan fingerprint density at radius 1 is 1.20 bits per heavy atom. The Bertz CT molecular complexity index is 510. The molecule has 0 radical (unpaired) electrons.